The van der Waals surface area contributed by atoms with Crippen LogP contribution in [0.4, 0.5) is 8.78 Å². The van der Waals surface area contributed by atoms with Crippen LogP contribution < -0.4 is 5.56 Å². The minimum Gasteiger partial charge on any atom is -0.492 e. The molecule has 0 spiro atoms. The molecule has 0 amide bonds. The summed E-state index contributed by atoms with van der Waals surface area (Å²) in [6.45, 7) is 5.32. The molecule has 1 N–H and O–H groups in total. The molecule has 204 valence electrons. The Balaban J connectivity index is 1.87. The van der Waals surface area contributed by atoms with Crippen molar-refractivity contribution in [2.24, 2.45) is 0 Å². The molecule has 4 rings (SSSR count). The fourth-order valence-corrected chi connectivity index (χ4v) is 6.00. The van der Waals surface area contributed by atoms with Gasteiger partial charge in [-0.15, -0.1) is 0 Å². The molecule has 2 aromatic heterocycles. The Kier molecular flexibility index (Phi) is 8.25. The average molecular weight is 554 g/mol. The Labute approximate surface area is 225 Å². The fraction of sp³-hybridized carbons (Fsp3) is 0.276. The molecule has 0 unspecified atom stereocenters. The number of aromatic nitrogens is 3. The smallest absolute Gasteiger partial charge is 0.277 e. The number of unbranched alkanes of at least 4 members (excludes halogenated alkanes) is 1. The van der Waals surface area contributed by atoms with Crippen LogP contribution in [0.5, 0.6) is 5.88 Å². The molecule has 2 aromatic carbocycles. The van der Waals surface area contributed by atoms with E-state index in [0.717, 1.165) is 6.42 Å². The number of aromatic hydroxyl groups is 1. The van der Waals surface area contributed by atoms with Crippen molar-refractivity contribution >= 4 is 9.84 Å². The molecule has 39 heavy (non-hydrogen) atoms. The maximum atomic E-state index is 14.1. The van der Waals surface area contributed by atoms with Crippen LogP contribution in [0.2, 0.25) is 0 Å². The quantitative estimate of drug-likeness (QED) is 0.264. The van der Waals surface area contributed by atoms with E-state index >= 15 is 0 Å². The van der Waals surface area contributed by atoms with Gasteiger partial charge in [-0.1, -0.05) is 44.5 Å². The van der Waals surface area contributed by atoms with E-state index in [1.807, 2.05) is 6.92 Å². The van der Waals surface area contributed by atoms with Gasteiger partial charge in [0.25, 0.3) is 5.56 Å². The molecule has 0 aliphatic heterocycles. The van der Waals surface area contributed by atoms with E-state index in [1.54, 1.807) is 26.0 Å². The van der Waals surface area contributed by atoms with E-state index in [0.29, 0.717) is 41.5 Å². The van der Waals surface area contributed by atoms with E-state index in [2.05, 4.69) is 9.97 Å². The van der Waals surface area contributed by atoms with E-state index in [4.69, 9.17) is 0 Å². The summed E-state index contributed by atoms with van der Waals surface area (Å²) >= 11 is 0. The number of nitrogens with zero attached hydrogens (tertiary/aromatic N) is 3. The monoisotopic (exact) mass is 553 g/mol. The first-order chi connectivity index (χ1) is 18.6. The van der Waals surface area contributed by atoms with Gasteiger partial charge in [-0.2, -0.15) is 9.37 Å². The third kappa shape index (κ3) is 5.47. The van der Waals surface area contributed by atoms with Crippen molar-refractivity contribution in [3.8, 4) is 17.0 Å². The van der Waals surface area contributed by atoms with Gasteiger partial charge >= 0.3 is 0 Å². The lowest BCUT2D eigenvalue weighted by Crippen LogP contribution is -2.33. The van der Waals surface area contributed by atoms with Gasteiger partial charge in [-0.25, -0.2) is 17.8 Å². The first kappa shape index (κ1) is 28.1. The zero-order valence-electron chi connectivity index (χ0n) is 21.9. The molecule has 0 saturated carbocycles. The van der Waals surface area contributed by atoms with Crippen LogP contribution in [0, 0.1) is 18.7 Å². The van der Waals surface area contributed by atoms with E-state index < -0.39 is 44.0 Å². The number of halogens is 2. The molecule has 0 bridgehead atoms. The molecule has 0 radical (unpaired) electrons. The van der Waals surface area contributed by atoms with Crippen LogP contribution in [-0.4, -0.2) is 28.1 Å². The summed E-state index contributed by atoms with van der Waals surface area (Å²) in [7, 11) is -4.52. The number of pyridine rings is 1. The van der Waals surface area contributed by atoms with Crippen molar-refractivity contribution in [3.63, 3.8) is 0 Å². The lowest BCUT2D eigenvalue weighted by atomic mass is 10.0. The maximum Gasteiger partial charge on any atom is 0.277 e. The average Bonchev–Trinajstić information content (AvgIpc) is 2.90. The second kappa shape index (κ2) is 11.4. The zero-order chi connectivity index (χ0) is 28.3. The third-order valence-electron chi connectivity index (χ3n) is 6.70. The predicted molar refractivity (Wildman–Crippen MR) is 143 cm³/mol. The van der Waals surface area contributed by atoms with Crippen molar-refractivity contribution in [3.05, 3.63) is 99.9 Å². The highest BCUT2D eigenvalue weighted by Gasteiger charge is 2.31. The summed E-state index contributed by atoms with van der Waals surface area (Å²) in [5.74, 6) is -1.78. The summed E-state index contributed by atoms with van der Waals surface area (Å²) in [5.41, 5.74) is 0.959. The molecule has 1 atom stereocenters. The molecular formula is C29H29F2N3O4S. The standard InChI is InChI=1S/C29H29F2N3O4S/c1-4-6-10-25-33-28(35)26(29(36)34(25)24(5-2)20-8-7-9-21(30)17-20)39(37,38)22-13-11-19(12-14-22)23-15-16-32-27(31)18(23)3/h7-9,11-17,24,35H,4-6,10H2,1-3H3/t24-/m0/s1. The fourth-order valence-electron chi connectivity index (χ4n) is 4.65. The van der Waals surface area contributed by atoms with E-state index in [9.17, 15) is 27.1 Å². The van der Waals surface area contributed by atoms with Crippen LogP contribution >= 0.6 is 0 Å². The highest BCUT2D eigenvalue weighted by Crippen LogP contribution is 2.31. The molecule has 0 aliphatic carbocycles. The van der Waals surface area contributed by atoms with Gasteiger partial charge in [0.1, 0.15) is 11.6 Å². The van der Waals surface area contributed by atoms with Crippen molar-refractivity contribution in [1.29, 1.82) is 0 Å². The largest absolute Gasteiger partial charge is 0.492 e. The number of rotatable bonds is 9. The van der Waals surface area contributed by atoms with Gasteiger partial charge in [0.2, 0.25) is 21.7 Å². The number of aryl methyl sites for hydroxylation is 1. The molecule has 7 nitrogen and oxygen atoms in total. The van der Waals surface area contributed by atoms with Gasteiger partial charge in [0, 0.05) is 18.2 Å². The summed E-state index contributed by atoms with van der Waals surface area (Å²) in [6.07, 6.45) is 3.42. The number of sulfone groups is 1. The van der Waals surface area contributed by atoms with Gasteiger partial charge in [0.15, 0.2) is 4.90 Å². The second-order valence-corrected chi connectivity index (χ2v) is 11.1. The molecule has 0 fully saturated rings. The minimum atomic E-state index is -4.52. The van der Waals surface area contributed by atoms with Crippen LogP contribution in [0.3, 0.4) is 0 Å². The van der Waals surface area contributed by atoms with Crippen molar-refractivity contribution in [2.45, 2.75) is 62.3 Å². The van der Waals surface area contributed by atoms with Crippen LogP contribution in [-0.2, 0) is 16.3 Å². The number of benzene rings is 2. The molecule has 0 saturated heterocycles. The lowest BCUT2D eigenvalue weighted by molar-refractivity contribution is 0.406. The maximum absolute atomic E-state index is 14.1. The Morgan fingerprint density at radius 3 is 2.41 bits per heavy atom. The zero-order valence-corrected chi connectivity index (χ0v) is 22.7. The number of hydrogen-bond donors (Lipinski definition) is 1. The molecule has 4 aromatic rings. The Hall–Kier alpha value is -3.92. The summed E-state index contributed by atoms with van der Waals surface area (Å²) in [5, 5.41) is 10.7. The Morgan fingerprint density at radius 2 is 1.77 bits per heavy atom. The second-order valence-electron chi connectivity index (χ2n) is 9.24. The lowest BCUT2D eigenvalue weighted by Gasteiger charge is -2.23. The summed E-state index contributed by atoms with van der Waals surface area (Å²) < 4.78 is 56.6. The van der Waals surface area contributed by atoms with E-state index in [-0.39, 0.29) is 10.7 Å². The van der Waals surface area contributed by atoms with E-state index in [1.165, 1.54) is 53.2 Å². The van der Waals surface area contributed by atoms with Crippen molar-refractivity contribution in [2.75, 3.05) is 0 Å². The molecule has 2 heterocycles. The normalized spacial score (nSPS) is 12.4. The van der Waals surface area contributed by atoms with Crippen LogP contribution in [0.25, 0.3) is 11.1 Å². The Morgan fingerprint density at radius 1 is 1.05 bits per heavy atom. The highest BCUT2D eigenvalue weighted by molar-refractivity contribution is 7.91. The highest BCUT2D eigenvalue weighted by atomic mass is 32.2. The minimum absolute atomic E-state index is 0.222. The summed E-state index contributed by atoms with van der Waals surface area (Å²) in [6, 6.07) is 12.3. The molecule has 10 heteroatoms. The predicted octanol–water partition coefficient (Wildman–Crippen LogP) is 5.77. The van der Waals surface area contributed by atoms with Gasteiger partial charge in [-0.3, -0.25) is 9.36 Å². The SMILES string of the molecule is CCCCc1nc(O)c(S(=O)(=O)c2ccc(-c3ccnc(F)c3C)cc2)c(=O)n1[C@@H](CC)c1cccc(F)c1. The third-order valence-corrected chi connectivity index (χ3v) is 8.49. The van der Waals surface area contributed by atoms with Crippen LogP contribution in [0.1, 0.15) is 56.1 Å². The first-order valence-electron chi connectivity index (χ1n) is 12.7. The van der Waals surface area contributed by atoms with Crippen LogP contribution in [0.15, 0.2) is 75.4 Å². The van der Waals surface area contributed by atoms with Crippen molar-refractivity contribution in [1.82, 2.24) is 14.5 Å². The van der Waals surface area contributed by atoms with Crippen molar-refractivity contribution < 1.29 is 22.3 Å². The molecule has 0 aliphatic rings. The Bertz CT molecular complexity index is 1670. The van der Waals surface area contributed by atoms with Gasteiger partial charge in [0.05, 0.1) is 10.9 Å². The van der Waals surface area contributed by atoms with Gasteiger partial charge < -0.3 is 5.11 Å². The topological polar surface area (TPSA) is 102 Å². The number of hydrogen-bond acceptors (Lipinski definition) is 6. The van der Waals surface area contributed by atoms with Gasteiger partial charge in [-0.05, 0) is 66.8 Å². The molecular weight excluding hydrogens is 524 g/mol. The summed E-state index contributed by atoms with van der Waals surface area (Å²) in [4.78, 5) is 20.5. The first-order valence-corrected chi connectivity index (χ1v) is 14.1.